The lowest BCUT2D eigenvalue weighted by molar-refractivity contribution is 0.123. The lowest BCUT2D eigenvalue weighted by Crippen LogP contribution is -2.19. The van der Waals surface area contributed by atoms with Crippen LogP contribution in [0.25, 0.3) is 0 Å². The minimum Gasteiger partial charge on any atom is -0.300 e. The minimum atomic E-state index is 0.266. The number of nitrogens with two attached hydrogens (primary N) is 1. The Morgan fingerprint density at radius 1 is 1.00 bits per heavy atom. The van der Waals surface area contributed by atoms with Crippen LogP contribution in [0.15, 0.2) is 54.6 Å². The van der Waals surface area contributed by atoms with Crippen molar-refractivity contribution < 1.29 is 10.0 Å². The molecule has 4 nitrogen and oxygen atoms in total. The van der Waals surface area contributed by atoms with Gasteiger partial charge in [0.25, 0.3) is 0 Å². The number of para-hydroxylation sites is 1. The van der Waals surface area contributed by atoms with Crippen LogP contribution in [0, 0.1) is 0 Å². The van der Waals surface area contributed by atoms with E-state index in [0.717, 1.165) is 11.1 Å². The van der Waals surface area contributed by atoms with E-state index < -0.39 is 0 Å². The first-order valence-electron chi connectivity index (χ1n) is 5.71. The van der Waals surface area contributed by atoms with Crippen molar-refractivity contribution in [3.8, 4) is 0 Å². The van der Waals surface area contributed by atoms with Gasteiger partial charge in [-0.25, -0.2) is 5.90 Å². The maximum atomic E-state index is 10.1. The van der Waals surface area contributed by atoms with Gasteiger partial charge in [-0.1, -0.05) is 48.5 Å². The molecule has 0 bridgehead atoms. The van der Waals surface area contributed by atoms with Gasteiger partial charge in [0.1, 0.15) is 0 Å². The van der Waals surface area contributed by atoms with Gasteiger partial charge in [0, 0.05) is 5.56 Å². The maximum Gasteiger partial charge on any atom is 0.0950 e. The molecule has 0 aliphatic rings. The zero-order valence-electron chi connectivity index (χ0n) is 9.99. The molecule has 0 atom stereocenters. The zero-order valence-corrected chi connectivity index (χ0v) is 9.99. The number of hydrogen-bond donors (Lipinski definition) is 2. The first kappa shape index (κ1) is 12.6. The molecule has 0 heterocycles. The second kappa shape index (κ2) is 6.16. The number of nitrogens with zero attached hydrogens (tertiary/aromatic N) is 1. The first-order valence-corrected chi connectivity index (χ1v) is 5.71. The molecule has 18 heavy (non-hydrogen) atoms. The van der Waals surface area contributed by atoms with Crippen LogP contribution in [0.5, 0.6) is 0 Å². The third-order valence-electron chi connectivity index (χ3n) is 2.68. The largest absolute Gasteiger partial charge is 0.300 e. The monoisotopic (exact) mass is 244 g/mol. The van der Waals surface area contributed by atoms with Crippen LogP contribution in [0.2, 0.25) is 0 Å². The minimum absolute atomic E-state index is 0.266. The molecule has 2 rings (SSSR count). The second-order valence-corrected chi connectivity index (χ2v) is 3.98. The quantitative estimate of drug-likeness (QED) is 0.793. The molecule has 0 saturated heterocycles. The Labute approximate surface area is 106 Å². The van der Waals surface area contributed by atoms with Gasteiger partial charge in [-0.2, -0.15) is 0 Å². The highest BCUT2D eigenvalue weighted by Crippen LogP contribution is 2.21. The van der Waals surface area contributed by atoms with Gasteiger partial charge in [-0.3, -0.25) is 15.1 Å². The van der Waals surface area contributed by atoms with Crippen LogP contribution in [0.3, 0.4) is 0 Å². The number of rotatable bonds is 5. The molecule has 0 amide bonds. The van der Waals surface area contributed by atoms with E-state index in [0.29, 0.717) is 12.2 Å². The molecular formula is C14H16N2O2. The number of hydrogen-bond acceptors (Lipinski definition) is 4. The molecule has 0 saturated carbocycles. The van der Waals surface area contributed by atoms with Gasteiger partial charge in [0.2, 0.25) is 0 Å². The van der Waals surface area contributed by atoms with E-state index in [4.69, 9.17) is 5.90 Å². The van der Waals surface area contributed by atoms with E-state index in [1.807, 2.05) is 54.6 Å². The molecule has 0 aliphatic heterocycles. The molecule has 0 radical (unpaired) electrons. The Balaban J connectivity index is 2.16. The Kier molecular flexibility index (Phi) is 4.30. The smallest absolute Gasteiger partial charge is 0.0950 e. The SMILES string of the molecule is NOCc1ccccc1N(O)Cc1ccccc1. The predicted octanol–water partition coefficient (Wildman–Crippen LogP) is 2.47. The fourth-order valence-electron chi connectivity index (χ4n) is 1.82. The van der Waals surface area contributed by atoms with Crippen LogP contribution < -0.4 is 11.0 Å². The van der Waals surface area contributed by atoms with Crippen molar-refractivity contribution in [1.29, 1.82) is 0 Å². The van der Waals surface area contributed by atoms with Crippen molar-refractivity contribution in [2.24, 2.45) is 5.90 Å². The van der Waals surface area contributed by atoms with Gasteiger partial charge < -0.3 is 0 Å². The summed E-state index contributed by atoms with van der Waals surface area (Å²) >= 11 is 0. The molecular weight excluding hydrogens is 228 g/mol. The van der Waals surface area contributed by atoms with E-state index in [9.17, 15) is 5.21 Å². The van der Waals surface area contributed by atoms with Gasteiger partial charge in [-0.05, 0) is 11.6 Å². The predicted molar refractivity (Wildman–Crippen MR) is 69.8 cm³/mol. The third kappa shape index (κ3) is 3.07. The van der Waals surface area contributed by atoms with Gasteiger partial charge >= 0.3 is 0 Å². The van der Waals surface area contributed by atoms with Crippen molar-refractivity contribution in [3.05, 3.63) is 65.7 Å². The van der Waals surface area contributed by atoms with Gasteiger partial charge in [0.05, 0.1) is 18.8 Å². The second-order valence-electron chi connectivity index (χ2n) is 3.98. The van der Waals surface area contributed by atoms with Crippen molar-refractivity contribution in [2.75, 3.05) is 5.06 Å². The summed E-state index contributed by atoms with van der Waals surface area (Å²) in [6.07, 6.45) is 0. The summed E-state index contributed by atoms with van der Waals surface area (Å²) in [5, 5.41) is 11.3. The van der Waals surface area contributed by atoms with Crippen LogP contribution in [-0.4, -0.2) is 5.21 Å². The highest BCUT2D eigenvalue weighted by molar-refractivity contribution is 5.51. The fourth-order valence-corrected chi connectivity index (χ4v) is 1.82. The number of anilines is 1. The molecule has 0 fully saturated rings. The van der Waals surface area contributed by atoms with E-state index >= 15 is 0 Å². The van der Waals surface area contributed by atoms with Crippen molar-refractivity contribution in [3.63, 3.8) is 0 Å². The lowest BCUT2D eigenvalue weighted by atomic mass is 10.1. The third-order valence-corrected chi connectivity index (χ3v) is 2.68. The molecule has 4 heteroatoms. The van der Waals surface area contributed by atoms with E-state index in [2.05, 4.69) is 4.84 Å². The average Bonchev–Trinajstić information content (AvgIpc) is 2.41. The lowest BCUT2D eigenvalue weighted by Gasteiger charge is -2.20. The molecule has 3 N–H and O–H groups in total. The summed E-state index contributed by atoms with van der Waals surface area (Å²) in [7, 11) is 0. The molecule has 0 spiro atoms. The molecule has 2 aromatic rings. The summed E-state index contributed by atoms with van der Waals surface area (Å²) in [5.74, 6) is 5.08. The summed E-state index contributed by atoms with van der Waals surface area (Å²) in [6.45, 7) is 0.685. The van der Waals surface area contributed by atoms with Crippen molar-refractivity contribution in [1.82, 2.24) is 0 Å². The average molecular weight is 244 g/mol. The van der Waals surface area contributed by atoms with Crippen LogP contribution >= 0.6 is 0 Å². The summed E-state index contributed by atoms with van der Waals surface area (Å²) in [6, 6.07) is 17.2. The highest BCUT2D eigenvalue weighted by Gasteiger charge is 2.09. The topological polar surface area (TPSA) is 58.7 Å². The fraction of sp³-hybridized carbons (Fsp3) is 0.143. The first-order chi connectivity index (χ1) is 8.81. The van der Waals surface area contributed by atoms with E-state index in [1.54, 1.807) is 0 Å². The van der Waals surface area contributed by atoms with Crippen LogP contribution in [0.1, 0.15) is 11.1 Å². The molecule has 0 aliphatic carbocycles. The Bertz CT molecular complexity index is 488. The van der Waals surface area contributed by atoms with E-state index in [-0.39, 0.29) is 6.61 Å². The van der Waals surface area contributed by atoms with Crippen molar-refractivity contribution >= 4 is 5.69 Å². The van der Waals surface area contributed by atoms with Gasteiger partial charge in [0.15, 0.2) is 0 Å². The van der Waals surface area contributed by atoms with Crippen LogP contribution in [0.4, 0.5) is 5.69 Å². The molecule has 2 aromatic carbocycles. The number of hydroxylamine groups is 1. The summed E-state index contributed by atoms with van der Waals surface area (Å²) in [4.78, 5) is 4.63. The number of benzene rings is 2. The molecule has 0 unspecified atom stereocenters. The van der Waals surface area contributed by atoms with E-state index in [1.165, 1.54) is 5.06 Å². The summed E-state index contributed by atoms with van der Waals surface area (Å²) < 4.78 is 0. The van der Waals surface area contributed by atoms with Gasteiger partial charge in [-0.15, -0.1) is 0 Å². The Hall–Kier alpha value is -1.88. The Morgan fingerprint density at radius 3 is 2.39 bits per heavy atom. The molecule has 94 valence electrons. The molecule has 0 aromatic heterocycles. The maximum absolute atomic E-state index is 10.1. The van der Waals surface area contributed by atoms with Crippen LogP contribution in [-0.2, 0) is 18.0 Å². The highest BCUT2D eigenvalue weighted by atomic mass is 16.6. The van der Waals surface area contributed by atoms with Crippen molar-refractivity contribution in [2.45, 2.75) is 13.2 Å². The Morgan fingerprint density at radius 2 is 1.67 bits per heavy atom. The summed E-state index contributed by atoms with van der Waals surface area (Å²) in [5.41, 5.74) is 2.58. The zero-order chi connectivity index (χ0) is 12.8. The normalized spacial score (nSPS) is 10.3. The standard InChI is InChI=1S/C14H16N2O2/c15-18-11-13-8-4-5-9-14(13)16(17)10-12-6-2-1-3-7-12/h1-9,17H,10-11,15H2.